The highest BCUT2D eigenvalue weighted by molar-refractivity contribution is 5.94. The second-order valence-electron chi connectivity index (χ2n) is 5.70. The first-order valence-electron chi connectivity index (χ1n) is 7.48. The molecule has 1 unspecified atom stereocenters. The molecule has 1 saturated heterocycles. The molecule has 3 N–H and O–H groups in total. The van der Waals surface area contributed by atoms with Gasteiger partial charge in [-0.3, -0.25) is 4.79 Å². The first-order valence-corrected chi connectivity index (χ1v) is 7.48. The van der Waals surface area contributed by atoms with Crippen LogP contribution in [-0.2, 0) is 6.54 Å². The number of nitrogens with one attached hydrogen (secondary N) is 1. The van der Waals surface area contributed by atoms with Crippen molar-refractivity contribution in [3.63, 3.8) is 0 Å². The molecule has 0 aliphatic carbocycles. The summed E-state index contributed by atoms with van der Waals surface area (Å²) in [5, 5.41) is 2.99. The van der Waals surface area contributed by atoms with Gasteiger partial charge in [-0.25, -0.2) is 0 Å². The van der Waals surface area contributed by atoms with Crippen LogP contribution in [0.15, 0.2) is 24.3 Å². The van der Waals surface area contributed by atoms with E-state index in [1.54, 1.807) is 0 Å². The van der Waals surface area contributed by atoms with Crippen LogP contribution in [0.4, 0.5) is 0 Å². The molecule has 0 spiro atoms. The zero-order valence-corrected chi connectivity index (χ0v) is 12.3. The molecule has 0 bridgehead atoms. The van der Waals surface area contributed by atoms with Gasteiger partial charge in [-0.05, 0) is 43.0 Å². The average Bonchev–Trinajstić information content (AvgIpc) is 2.47. The van der Waals surface area contributed by atoms with Crippen molar-refractivity contribution in [1.29, 1.82) is 0 Å². The molecule has 110 valence electrons. The van der Waals surface area contributed by atoms with E-state index in [0.29, 0.717) is 18.7 Å². The normalized spacial score (nSPS) is 19.8. The van der Waals surface area contributed by atoms with Crippen molar-refractivity contribution >= 4 is 5.91 Å². The number of piperidine rings is 1. The summed E-state index contributed by atoms with van der Waals surface area (Å²) in [4.78, 5) is 14.4. The zero-order chi connectivity index (χ0) is 14.4. The van der Waals surface area contributed by atoms with E-state index in [9.17, 15) is 4.79 Å². The lowest BCUT2D eigenvalue weighted by Crippen LogP contribution is -2.40. The number of carbonyl (C=O) groups excluding carboxylic acids is 1. The lowest BCUT2D eigenvalue weighted by Gasteiger charge is -2.30. The van der Waals surface area contributed by atoms with Crippen LogP contribution in [0, 0.1) is 5.92 Å². The van der Waals surface area contributed by atoms with Crippen LogP contribution in [0.5, 0.6) is 0 Å². The summed E-state index contributed by atoms with van der Waals surface area (Å²) >= 11 is 0. The Balaban J connectivity index is 1.74. The van der Waals surface area contributed by atoms with Gasteiger partial charge in [0, 0.05) is 31.7 Å². The Hall–Kier alpha value is -1.39. The summed E-state index contributed by atoms with van der Waals surface area (Å²) in [6.45, 7) is 6.77. The van der Waals surface area contributed by atoms with Gasteiger partial charge in [-0.2, -0.15) is 0 Å². The minimum Gasteiger partial charge on any atom is -0.351 e. The number of hydrogen-bond acceptors (Lipinski definition) is 3. The van der Waals surface area contributed by atoms with E-state index in [1.165, 1.54) is 12.8 Å². The molecule has 20 heavy (non-hydrogen) atoms. The van der Waals surface area contributed by atoms with Crippen LogP contribution in [0.25, 0.3) is 0 Å². The van der Waals surface area contributed by atoms with Crippen molar-refractivity contribution in [2.45, 2.75) is 26.3 Å². The fourth-order valence-electron chi connectivity index (χ4n) is 2.71. The summed E-state index contributed by atoms with van der Waals surface area (Å²) in [5.41, 5.74) is 7.29. The third-order valence-electron chi connectivity index (χ3n) is 3.91. The van der Waals surface area contributed by atoms with Crippen LogP contribution >= 0.6 is 0 Å². The molecule has 1 aromatic carbocycles. The lowest BCUT2D eigenvalue weighted by molar-refractivity contribution is 0.0944. The molecule has 4 heteroatoms. The van der Waals surface area contributed by atoms with Gasteiger partial charge in [0.2, 0.25) is 0 Å². The van der Waals surface area contributed by atoms with Gasteiger partial charge in [0.15, 0.2) is 0 Å². The summed E-state index contributed by atoms with van der Waals surface area (Å²) in [6, 6.07) is 7.48. The van der Waals surface area contributed by atoms with E-state index in [0.717, 1.165) is 31.1 Å². The van der Waals surface area contributed by atoms with Gasteiger partial charge >= 0.3 is 0 Å². The summed E-state index contributed by atoms with van der Waals surface area (Å²) in [5.74, 6) is 0.780. The maximum atomic E-state index is 12.0. The van der Waals surface area contributed by atoms with Gasteiger partial charge in [0.1, 0.15) is 0 Å². The Kier molecular flexibility index (Phi) is 5.56. The highest BCUT2D eigenvalue weighted by atomic mass is 16.1. The van der Waals surface area contributed by atoms with E-state index >= 15 is 0 Å². The average molecular weight is 275 g/mol. The van der Waals surface area contributed by atoms with Crippen LogP contribution in [-0.4, -0.2) is 37.0 Å². The first kappa shape index (κ1) is 15.0. The van der Waals surface area contributed by atoms with E-state index < -0.39 is 0 Å². The van der Waals surface area contributed by atoms with Crippen LogP contribution < -0.4 is 11.1 Å². The third kappa shape index (κ3) is 4.32. The number of nitrogens with zero attached hydrogens (tertiary/aromatic N) is 1. The van der Waals surface area contributed by atoms with Gasteiger partial charge in [0.25, 0.3) is 5.91 Å². The Morgan fingerprint density at radius 3 is 2.80 bits per heavy atom. The van der Waals surface area contributed by atoms with Gasteiger partial charge in [0.05, 0.1) is 0 Å². The SMILES string of the molecule is CC1CCCN(CCNC(=O)c2ccc(CN)cc2)C1. The standard InChI is InChI=1S/C16H25N3O/c1-13-3-2-9-19(12-13)10-8-18-16(20)15-6-4-14(11-17)5-7-15/h4-7,13H,2-3,8-12,17H2,1H3,(H,18,20). The molecule has 2 rings (SSSR count). The molecular formula is C16H25N3O. The summed E-state index contributed by atoms with van der Waals surface area (Å²) < 4.78 is 0. The van der Waals surface area contributed by atoms with Crippen molar-refractivity contribution in [2.24, 2.45) is 11.7 Å². The predicted molar refractivity (Wildman–Crippen MR) is 81.5 cm³/mol. The number of benzene rings is 1. The zero-order valence-electron chi connectivity index (χ0n) is 12.3. The van der Waals surface area contributed by atoms with Crippen LogP contribution in [0.2, 0.25) is 0 Å². The minimum absolute atomic E-state index is 0.00127. The lowest BCUT2D eigenvalue weighted by atomic mass is 10.0. The Morgan fingerprint density at radius 2 is 2.15 bits per heavy atom. The molecular weight excluding hydrogens is 250 g/mol. The fraction of sp³-hybridized carbons (Fsp3) is 0.562. The van der Waals surface area contributed by atoms with E-state index in [-0.39, 0.29) is 5.91 Å². The van der Waals surface area contributed by atoms with Crippen molar-refractivity contribution in [3.05, 3.63) is 35.4 Å². The maximum Gasteiger partial charge on any atom is 0.251 e. The number of carbonyl (C=O) groups is 1. The smallest absolute Gasteiger partial charge is 0.251 e. The number of rotatable bonds is 5. The molecule has 1 heterocycles. The Bertz CT molecular complexity index is 430. The Labute approximate surface area is 121 Å². The number of amides is 1. The van der Waals surface area contributed by atoms with Gasteiger partial charge < -0.3 is 16.0 Å². The topological polar surface area (TPSA) is 58.4 Å². The van der Waals surface area contributed by atoms with Crippen molar-refractivity contribution < 1.29 is 4.79 Å². The molecule has 1 fully saturated rings. The molecule has 1 aliphatic rings. The molecule has 0 radical (unpaired) electrons. The monoisotopic (exact) mass is 275 g/mol. The summed E-state index contributed by atoms with van der Waals surface area (Å²) in [7, 11) is 0. The third-order valence-corrected chi connectivity index (χ3v) is 3.91. The largest absolute Gasteiger partial charge is 0.351 e. The summed E-state index contributed by atoms with van der Waals surface area (Å²) in [6.07, 6.45) is 2.60. The van der Waals surface area contributed by atoms with Crippen molar-refractivity contribution in [2.75, 3.05) is 26.2 Å². The van der Waals surface area contributed by atoms with Crippen LogP contribution in [0.3, 0.4) is 0 Å². The predicted octanol–water partition coefficient (Wildman–Crippen LogP) is 1.61. The van der Waals surface area contributed by atoms with E-state index in [2.05, 4.69) is 17.1 Å². The number of nitrogens with two attached hydrogens (primary N) is 1. The van der Waals surface area contributed by atoms with Crippen LogP contribution in [0.1, 0.15) is 35.7 Å². The molecule has 1 amide bonds. The molecule has 1 aliphatic heterocycles. The van der Waals surface area contributed by atoms with E-state index in [1.807, 2.05) is 24.3 Å². The molecule has 1 aromatic rings. The molecule has 0 saturated carbocycles. The quantitative estimate of drug-likeness (QED) is 0.858. The maximum absolute atomic E-state index is 12.0. The van der Waals surface area contributed by atoms with Gasteiger partial charge in [-0.15, -0.1) is 0 Å². The van der Waals surface area contributed by atoms with Crippen molar-refractivity contribution in [3.8, 4) is 0 Å². The highest BCUT2D eigenvalue weighted by Gasteiger charge is 2.15. The molecule has 4 nitrogen and oxygen atoms in total. The molecule has 0 aromatic heterocycles. The minimum atomic E-state index is -0.00127. The number of hydrogen-bond donors (Lipinski definition) is 2. The fourth-order valence-corrected chi connectivity index (χ4v) is 2.71. The first-order chi connectivity index (χ1) is 9.69. The second kappa shape index (κ2) is 7.41. The number of likely N-dealkylation sites (tertiary alicyclic amines) is 1. The second-order valence-corrected chi connectivity index (χ2v) is 5.70. The van der Waals surface area contributed by atoms with E-state index in [4.69, 9.17) is 5.73 Å². The molecule has 1 atom stereocenters. The Morgan fingerprint density at radius 1 is 1.40 bits per heavy atom. The van der Waals surface area contributed by atoms with Crippen molar-refractivity contribution in [1.82, 2.24) is 10.2 Å². The van der Waals surface area contributed by atoms with Gasteiger partial charge in [-0.1, -0.05) is 19.1 Å². The highest BCUT2D eigenvalue weighted by Crippen LogP contribution is 2.14.